The first-order chi connectivity index (χ1) is 18.4. The van der Waals surface area contributed by atoms with Gasteiger partial charge >= 0.3 is 6.18 Å². The molecule has 0 saturated carbocycles. The lowest BCUT2D eigenvalue weighted by atomic mass is 10.1. The van der Waals surface area contributed by atoms with Gasteiger partial charge in [0.15, 0.2) is 5.01 Å². The van der Waals surface area contributed by atoms with Crippen LogP contribution in [0.3, 0.4) is 0 Å². The Labute approximate surface area is 241 Å². The number of aromatic nitrogens is 1. The average molecular weight is 650 g/mol. The number of aliphatic hydroxyl groups is 1. The van der Waals surface area contributed by atoms with Crippen molar-refractivity contribution in [3.05, 3.63) is 32.9 Å². The molecule has 0 bridgehead atoms. The number of halogens is 6. The minimum atomic E-state index is -4.86. The van der Waals surface area contributed by atoms with E-state index < -0.39 is 67.3 Å². The highest BCUT2D eigenvalue weighted by molar-refractivity contribution is 7.89. The molecule has 1 aromatic carbocycles. The van der Waals surface area contributed by atoms with Gasteiger partial charge in [0.25, 0.3) is 11.8 Å². The Bertz CT molecular complexity index is 1400. The third kappa shape index (κ3) is 7.23. The lowest BCUT2D eigenvalue weighted by molar-refractivity contribution is -0.147. The van der Waals surface area contributed by atoms with E-state index in [1.165, 1.54) is 23.5 Å². The molecule has 1 fully saturated rings. The number of alkyl halides is 4. The summed E-state index contributed by atoms with van der Waals surface area (Å²) in [6.45, 7) is 2.82. The van der Waals surface area contributed by atoms with Crippen molar-refractivity contribution in [2.24, 2.45) is 0 Å². The Morgan fingerprint density at radius 2 is 1.90 bits per heavy atom. The van der Waals surface area contributed by atoms with Gasteiger partial charge in [-0.1, -0.05) is 29.3 Å². The van der Waals surface area contributed by atoms with E-state index in [2.05, 4.69) is 10.3 Å². The van der Waals surface area contributed by atoms with Gasteiger partial charge in [0.05, 0.1) is 26.6 Å². The van der Waals surface area contributed by atoms with Gasteiger partial charge in [-0.3, -0.25) is 9.59 Å². The molecule has 1 aliphatic rings. The van der Waals surface area contributed by atoms with E-state index in [1.54, 1.807) is 0 Å². The van der Waals surface area contributed by atoms with Crippen LogP contribution in [0.2, 0.25) is 10.0 Å². The van der Waals surface area contributed by atoms with E-state index in [0.717, 1.165) is 12.1 Å². The zero-order valence-corrected chi connectivity index (χ0v) is 24.5. The molecule has 1 aromatic heterocycles. The Kier molecular flexibility index (Phi) is 9.79. The Hall–Kier alpha value is -2.04. The van der Waals surface area contributed by atoms with E-state index in [4.69, 9.17) is 23.2 Å². The molecule has 40 heavy (non-hydrogen) atoms. The van der Waals surface area contributed by atoms with Gasteiger partial charge in [0.2, 0.25) is 10.0 Å². The molecular formula is C23H26Cl2F4N4O5S2. The van der Waals surface area contributed by atoms with Crippen LogP contribution in [0.5, 0.6) is 0 Å². The summed E-state index contributed by atoms with van der Waals surface area (Å²) < 4.78 is 79.2. The molecule has 0 aliphatic carbocycles. The maximum Gasteiger partial charge on any atom is 0.404 e. The van der Waals surface area contributed by atoms with Gasteiger partial charge in [-0.15, -0.1) is 11.3 Å². The monoisotopic (exact) mass is 648 g/mol. The number of carbonyl (C=O) groups is 2. The number of nitrogens with zero attached hydrogens (tertiary/aromatic N) is 2. The molecule has 2 amide bonds. The lowest BCUT2D eigenvalue weighted by Crippen LogP contribution is -2.43. The average Bonchev–Trinajstić information content (AvgIpc) is 3.50. The van der Waals surface area contributed by atoms with Crippen LogP contribution in [0.1, 0.15) is 53.9 Å². The van der Waals surface area contributed by atoms with Gasteiger partial charge in [0, 0.05) is 18.7 Å². The van der Waals surface area contributed by atoms with Crippen LogP contribution >= 0.6 is 34.5 Å². The van der Waals surface area contributed by atoms with Gasteiger partial charge in [-0.2, -0.15) is 17.9 Å². The van der Waals surface area contributed by atoms with Crippen LogP contribution < -0.4 is 10.0 Å². The van der Waals surface area contributed by atoms with Crippen molar-refractivity contribution in [2.75, 3.05) is 19.8 Å². The molecule has 2 atom stereocenters. The summed E-state index contributed by atoms with van der Waals surface area (Å²) >= 11 is 13.3. The number of amides is 2. The molecule has 2 heterocycles. The summed E-state index contributed by atoms with van der Waals surface area (Å²) in [6.07, 6.45) is -3.90. The largest absolute Gasteiger partial charge is 0.404 e. The van der Waals surface area contributed by atoms with Crippen LogP contribution in [-0.2, 0) is 10.0 Å². The second kappa shape index (κ2) is 12.1. The number of rotatable bonds is 9. The Balaban J connectivity index is 2.09. The maximum atomic E-state index is 13.6. The minimum absolute atomic E-state index is 0.00961. The van der Waals surface area contributed by atoms with Crippen molar-refractivity contribution >= 4 is 56.4 Å². The van der Waals surface area contributed by atoms with E-state index >= 15 is 0 Å². The maximum absolute atomic E-state index is 13.6. The van der Waals surface area contributed by atoms with Crippen LogP contribution in [0.25, 0.3) is 10.4 Å². The first kappa shape index (κ1) is 32.5. The number of sulfonamides is 1. The number of hydrogen-bond acceptors (Lipinski definition) is 7. The summed E-state index contributed by atoms with van der Waals surface area (Å²) in [5.41, 5.74) is -1.54. The zero-order valence-electron chi connectivity index (χ0n) is 21.4. The standard InChI is InChI=1S/C23H26Cl2F4N4O5S2/c1-11(23(27,28)29)32-40(37,38)14-7-6-13(15(24)16(14)25)18-17(21(35)33-8-4-5-12(33)9-26)31-20(39-18)19(34)30-10-22(2,3)36/h6-7,11-12,32,36H,4-5,8-10H2,1-3H3,(H,30,34)/t11-,12+/m0/s1. The molecular weight excluding hydrogens is 623 g/mol. The van der Waals surface area contributed by atoms with Crippen molar-refractivity contribution in [1.29, 1.82) is 0 Å². The summed E-state index contributed by atoms with van der Waals surface area (Å²) in [7, 11) is -4.78. The highest BCUT2D eigenvalue weighted by Crippen LogP contribution is 2.42. The predicted molar refractivity (Wildman–Crippen MR) is 142 cm³/mol. The fourth-order valence-corrected chi connectivity index (χ4v) is 6.95. The van der Waals surface area contributed by atoms with Crippen molar-refractivity contribution in [3.8, 4) is 10.4 Å². The van der Waals surface area contributed by atoms with Crippen molar-refractivity contribution in [3.63, 3.8) is 0 Å². The summed E-state index contributed by atoms with van der Waals surface area (Å²) in [5, 5.41) is 11.2. The first-order valence-electron chi connectivity index (χ1n) is 11.8. The molecule has 0 unspecified atom stereocenters. The summed E-state index contributed by atoms with van der Waals surface area (Å²) in [5.74, 6) is -1.43. The van der Waals surface area contributed by atoms with Gasteiger partial charge < -0.3 is 15.3 Å². The molecule has 3 N–H and O–H groups in total. The van der Waals surface area contributed by atoms with Gasteiger partial charge in [0.1, 0.15) is 23.3 Å². The Morgan fingerprint density at radius 1 is 1.25 bits per heavy atom. The minimum Gasteiger partial charge on any atom is -0.389 e. The third-order valence-electron chi connectivity index (χ3n) is 5.93. The molecule has 0 spiro atoms. The predicted octanol–water partition coefficient (Wildman–Crippen LogP) is 4.42. The highest BCUT2D eigenvalue weighted by Gasteiger charge is 2.40. The van der Waals surface area contributed by atoms with E-state index in [1.807, 2.05) is 0 Å². The second-order valence-electron chi connectivity index (χ2n) is 9.76. The normalized spacial score (nSPS) is 17.2. The van der Waals surface area contributed by atoms with Gasteiger partial charge in [-0.25, -0.2) is 17.8 Å². The number of thiazole rings is 1. The van der Waals surface area contributed by atoms with Crippen molar-refractivity contribution in [1.82, 2.24) is 19.9 Å². The number of nitrogens with one attached hydrogen (secondary N) is 2. The Morgan fingerprint density at radius 3 is 2.48 bits per heavy atom. The summed E-state index contributed by atoms with van der Waals surface area (Å²) in [6, 6.07) is -1.09. The first-order valence-corrected chi connectivity index (χ1v) is 14.9. The van der Waals surface area contributed by atoms with E-state index in [-0.39, 0.29) is 34.2 Å². The van der Waals surface area contributed by atoms with Crippen LogP contribution in [-0.4, -0.2) is 78.8 Å². The van der Waals surface area contributed by atoms with Crippen LogP contribution in [0, 0.1) is 0 Å². The fourth-order valence-electron chi connectivity index (χ4n) is 3.79. The molecule has 17 heteroatoms. The van der Waals surface area contributed by atoms with Gasteiger partial charge in [-0.05, 0) is 39.7 Å². The molecule has 222 valence electrons. The van der Waals surface area contributed by atoms with E-state index in [9.17, 15) is 40.7 Å². The number of likely N-dealkylation sites (tertiary alicyclic amines) is 1. The van der Waals surface area contributed by atoms with Crippen molar-refractivity contribution in [2.45, 2.75) is 62.4 Å². The number of benzene rings is 1. The smallest absolute Gasteiger partial charge is 0.389 e. The van der Waals surface area contributed by atoms with E-state index in [0.29, 0.717) is 31.1 Å². The van der Waals surface area contributed by atoms with Crippen LogP contribution in [0.15, 0.2) is 17.0 Å². The second-order valence-corrected chi connectivity index (χ2v) is 13.2. The van der Waals surface area contributed by atoms with Crippen LogP contribution in [0.4, 0.5) is 17.6 Å². The highest BCUT2D eigenvalue weighted by atomic mass is 35.5. The molecule has 1 saturated heterocycles. The lowest BCUT2D eigenvalue weighted by Gasteiger charge is -2.22. The fraction of sp³-hybridized carbons (Fsp3) is 0.522. The number of hydrogen-bond donors (Lipinski definition) is 3. The molecule has 1 aliphatic heterocycles. The molecule has 0 radical (unpaired) electrons. The third-order valence-corrected chi connectivity index (χ3v) is 9.59. The topological polar surface area (TPSA) is 129 Å². The zero-order chi connectivity index (χ0) is 30.2. The quantitative estimate of drug-likeness (QED) is 0.345. The SMILES string of the molecule is C[C@H](NS(=O)(=O)c1ccc(-c2sc(C(=O)NCC(C)(C)O)nc2C(=O)N2CCC[C@@H]2CF)c(Cl)c1Cl)C(F)(F)F. The molecule has 3 rings (SSSR count). The number of carbonyl (C=O) groups excluding carboxylic acids is 2. The van der Waals surface area contributed by atoms with Crippen molar-refractivity contribution < 1.29 is 40.7 Å². The summed E-state index contributed by atoms with van der Waals surface area (Å²) in [4.78, 5) is 30.9. The molecule has 9 nitrogen and oxygen atoms in total. The molecule has 2 aromatic rings.